The number of rotatable bonds is 4. The summed E-state index contributed by atoms with van der Waals surface area (Å²) in [5.74, 6) is 0.510. The van der Waals surface area contributed by atoms with Crippen molar-refractivity contribution in [2.45, 2.75) is 5.16 Å². The molecule has 8 heteroatoms. The van der Waals surface area contributed by atoms with Gasteiger partial charge in [-0.25, -0.2) is 20.0 Å². The topological polar surface area (TPSA) is 73.1 Å². The van der Waals surface area contributed by atoms with Gasteiger partial charge in [-0.3, -0.25) is 14.2 Å². The highest BCUT2D eigenvalue weighted by molar-refractivity contribution is 7.98. The molecule has 0 saturated carbocycles. The van der Waals surface area contributed by atoms with E-state index >= 15 is 0 Å². The maximum atomic E-state index is 12.1. The highest BCUT2D eigenvalue weighted by Crippen LogP contribution is 2.20. The predicted molar refractivity (Wildman–Crippen MR) is 87.5 cm³/mol. The van der Waals surface area contributed by atoms with Gasteiger partial charge in [-0.15, -0.1) is 0 Å². The minimum absolute atomic E-state index is 0.226. The lowest BCUT2D eigenvalue weighted by molar-refractivity contribution is -0.0756. The maximum Gasteiger partial charge on any atom is 0.277 e. The summed E-state index contributed by atoms with van der Waals surface area (Å²) in [4.78, 5) is 30.0. The van der Waals surface area contributed by atoms with Crippen LogP contribution in [0.3, 0.4) is 0 Å². The number of hydroxylamine groups is 2. The van der Waals surface area contributed by atoms with Gasteiger partial charge < -0.3 is 0 Å². The molecule has 0 fully saturated rings. The summed E-state index contributed by atoms with van der Waals surface area (Å²) in [5.41, 5.74) is 2.09. The molecule has 1 amide bonds. The summed E-state index contributed by atoms with van der Waals surface area (Å²) in [6.45, 7) is 0. The second kappa shape index (κ2) is 6.35. The molecular weight excluding hydrogens is 314 g/mol. The Balaban J connectivity index is 2.03. The fraction of sp³-hybridized carbons (Fsp3) is 0.200. The molecule has 7 nitrogen and oxygen atoms in total. The summed E-state index contributed by atoms with van der Waals surface area (Å²) in [5, 5.41) is 1.87. The predicted octanol–water partition coefficient (Wildman–Crippen LogP) is 2.17. The molecule has 0 aliphatic carbocycles. The van der Waals surface area contributed by atoms with Gasteiger partial charge in [-0.05, 0) is 30.5 Å². The smallest absolute Gasteiger partial charge is 0.277 e. The Labute approximate surface area is 137 Å². The van der Waals surface area contributed by atoms with E-state index in [0.29, 0.717) is 16.2 Å². The number of hydrogen-bond acceptors (Lipinski definition) is 6. The Bertz CT molecular complexity index is 864. The van der Waals surface area contributed by atoms with Gasteiger partial charge in [-0.2, -0.15) is 0 Å². The van der Waals surface area contributed by atoms with Gasteiger partial charge in [0, 0.05) is 18.8 Å². The lowest BCUT2D eigenvalue weighted by atomic mass is 10.2. The summed E-state index contributed by atoms with van der Waals surface area (Å²) in [6.07, 6.45) is 5.33. The van der Waals surface area contributed by atoms with Gasteiger partial charge in [0.15, 0.2) is 5.16 Å². The highest BCUT2D eigenvalue weighted by Gasteiger charge is 2.14. The average Bonchev–Trinajstić information content (AvgIpc) is 3.03. The molecule has 3 rings (SSSR count). The molecule has 0 bridgehead atoms. The first kappa shape index (κ1) is 15.4. The molecule has 0 saturated heterocycles. The molecule has 0 unspecified atom stereocenters. The third-order valence-electron chi connectivity index (χ3n) is 3.40. The number of thioether (sulfide) groups is 1. The molecule has 0 radical (unpaired) electrons. The normalized spacial score (nSPS) is 10.9. The van der Waals surface area contributed by atoms with E-state index in [-0.39, 0.29) is 5.91 Å². The third-order valence-corrected chi connectivity index (χ3v) is 3.96. The summed E-state index contributed by atoms with van der Waals surface area (Å²) in [6, 6.07) is 7.15. The summed E-state index contributed by atoms with van der Waals surface area (Å²) < 4.78 is 1.87. The second-order valence-corrected chi connectivity index (χ2v) is 5.48. The minimum Gasteiger partial charge on any atom is -0.283 e. The van der Waals surface area contributed by atoms with E-state index in [4.69, 9.17) is 4.84 Å². The Morgan fingerprint density at radius 1 is 1.30 bits per heavy atom. The largest absolute Gasteiger partial charge is 0.283 e. The van der Waals surface area contributed by atoms with Gasteiger partial charge in [0.25, 0.3) is 5.91 Å². The van der Waals surface area contributed by atoms with Crippen LogP contribution < -0.4 is 0 Å². The van der Waals surface area contributed by atoms with E-state index in [2.05, 4.69) is 15.0 Å². The van der Waals surface area contributed by atoms with Crippen molar-refractivity contribution >= 4 is 28.7 Å². The molecule has 1 aromatic carbocycles. The van der Waals surface area contributed by atoms with Crippen molar-refractivity contribution in [3.63, 3.8) is 0 Å². The van der Waals surface area contributed by atoms with Crippen molar-refractivity contribution in [1.29, 1.82) is 0 Å². The molecule has 2 heterocycles. The van der Waals surface area contributed by atoms with Crippen LogP contribution >= 0.6 is 11.8 Å². The zero-order valence-electron chi connectivity index (χ0n) is 12.9. The SMILES string of the molecule is CON(C)C(=O)c1ccc2c(c1)ncn2-c1ccnc(SC)n1. The minimum atomic E-state index is -0.226. The van der Waals surface area contributed by atoms with E-state index in [1.807, 2.05) is 23.0 Å². The van der Waals surface area contributed by atoms with E-state index in [9.17, 15) is 4.79 Å². The average molecular weight is 329 g/mol. The van der Waals surface area contributed by atoms with Crippen molar-refractivity contribution < 1.29 is 9.63 Å². The van der Waals surface area contributed by atoms with Crippen LogP contribution in [0.4, 0.5) is 0 Å². The van der Waals surface area contributed by atoms with E-state index in [0.717, 1.165) is 11.3 Å². The van der Waals surface area contributed by atoms with Crippen LogP contribution in [0.1, 0.15) is 10.4 Å². The second-order valence-electron chi connectivity index (χ2n) is 4.70. The number of hydrogen-bond donors (Lipinski definition) is 0. The van der Waals surface area contributed by atoms with Crippen LogP contribution in [0, 0.1) is 0 Å². The summed E-state index contributed by atoms with van der Waals surface area (Å²) in [7, 11) is 3.01. The fourth-order valence-corrected chi connectivity index (χ4v) is 2.51. The first-order valence-electron chi connectivity index (χ1n) is 6.80. The van der Waals surface area contributed by atoms with Crippen LogP contribution in [-0.4, -0.2) is 50.9 Å². The Hall–Kier alpha value is -2.45. The van der Waals surface area contributed by atoms with Crippen LogP contribution in [0.15, 0.2) is 41.9 Å². The third kappa shape index (κ3) is 2.90. The van der Waals surface area contributed by atoms with Crippen LogP contribution in [0.25, 0.3) is 16.9 Å². The van der Waals surface area contributed by atoms with E-state index in [1.54, 1.807) is 31.7 Å². The highest BCUT2D eigenvalue weighted by atomic mass is 32.2. The molecule has 3 aromatic rings. The van der Waals surface area contributed by atoms with Gasteiger partial charge in [0.05, 0.1) is 18.1 Å². The zero-order chi connectivity index (χ0) is 16.4. The van der Waals surface area contributed by atoms with Crippen LogP contribution in [-0.2, 0) is 4.84 Å². The molecule has 0 aliphatic heterocycles. The van der Waals surface area contributed by atoms with Crippen molar-refractivity contribution in [3.05, 3.63) is 42.4 Å². The first-order valence-corrected chi connectivity index (χ1v) is 8.03. The number of fused-ring (bicyclic) bond motifs is 1. The van der Waals surface area contributed by atoms with Gasteiger partial charge in [0.2, 0.25) is 0 Å². The van der Waals surface area contributed by atoms with Gasteiger partial charge in [-0.1, -0.05) is 11.8 Å². The molecule has 2 aromatic heterocycles. The molecule has 118 valence electrons. The number of carbonyl (C=O) groups excluding carboxylic acids is 1. The van der Waals surface area contributed by atoms with Crippen LogP contribution in [0.5, 0.6) is 0 Å². The molecule has 0 atom stereocenters. The molecular formula is C15H15N5O2S. The number of nitrogens with zero attached hydrogens (tertiary/aromatic N) is 5. The van der Waals surface area contributed by atoms with Gasteiger partial charge in [0.1, 0.15) is 12.1 Å². The number of benzene rings is 1. The Morgan fingerprint density at radius 3 is 2.87 bits per heavy atom. The van der Waals surface area contributed by atoms with Crippen molar-refractivity contribution in [3.8, 4) is 5.82 Å². The molecule has 0 aliphatic rings. The van der Waals surface area contributed by atoms with Crippen molar-refractivity contribution in [2.75, 3.05) is 20.4 Å². The fourth-order valence-electron chi connectivity index (χ4n) is 2.16. The molecule has 23 heavy (non-hydrogen) atoms. The Kier molecular flexibility index (Phi) is 4.26. The lowest BCUT2D eigenvalue weighted by Gasteiger charge is -2.13. The van der Waals surface area contributed by atoms with Crippen molar-refractivity contribution in [1.82, 2.24) is 24.6 Å². The maximum absolute atomic E-state index is 12.1. The van der Waals surface area contributed by atoms with Gasteiger partial charge >= 0.3 is 0 Å². The quantitative estimate of drug-likeness (QED) is 0.415. The zero-order valence-corrected chi connectivity index (χ0v) is 13.7. The molecule has 0 spiro atoms. The summed E-state index contributed by atoms with van der Waals surface area (Å²) >= 11 is 1.48. The van der Waals surface area contributed by atoms with Crippen LogP contribution in [0.2, 0.25) is 0 Å². The van der Waals surface area contributed by atoms with E-state index in [1.165, 1.54) is 23.9 Å². The number of amides is 1. The van der Waals surface area contributed by atoms with E-state index < -0.39 is 0 Å². The lowest BCUT2D eigenvalue weighted by Crippen LogP contribution is -2.25. The number of aromatic nitrogens is 4. The first-order chi connectivity index (χ1) is 11.1. The van der Waals surface area contributed by atoms with Crippen molar-refractivity contribution in [2.24, 2.45) is 0 Å². The Morgan fingerprint density at radius 2 is 2.13 bits per heavy atom. The number of carbonyl (C=O) groups is 1. The number of imidazole rings is 1. The standard InChI is InChI=1S/C15H15N5O2S/c1-19(22-2)14(21)10-4-5-12-11(8-10)17-9-20(12)13-6-7-16-15(18-13)23-3/h4-9H,1-3H3. The molecule has 0 N–H and O–H groups in total. The monoisotopic (exact) mass is 329 g/mol.